The summed E-state index contributed by atoms with van der Waals surface area (Å²) in [6.07, 6.45) is 0. The molecule has 1 aromatic carbocycles. The number of halogens is 1. The third kappa shape index (κ3) is 4.96. The first kappa shape index (κ1) is 19.0. The van der Waals surface area contributed by atoms with E-state index in [-0.39, 0.29) is 11.5 Å². The summed E-state index contributed by atoms with van der Waals surface area (Å²) < 4.78 is 10.6. The van der Waals surface area contributed by atoms with Crippen LogP contribution in [0.4, 0.5) is 0 Å². The largest absolute Gasteiger partial charge is 0.496 e. The molecule has 0 saturated carbocycles. The minimum absolute atomic E-state index is 0.0790. The summed E-state index contributed by atoms with van der Waals surface area (Å²) >= 11 is 3.27. The second kappa shape index (κ2) is 7.97. The van der Waals surface area contributed by atoms with Crippen molar-refractivity contribution in [2.45, 2.75) is 26.3 Å². The molecular formula is C16H19BrN2O4. The number of carbonyl (C=O) groups excluding carboxylic acids is 2. The van der Waals surface area contributed by atoms with Crippen molar-refractivity contribution in [3.8, 4) is 11.8 Å². The van der Waals surface area contributed by atoms with Gasteiger partial charge in [-0.25, -0.2) is 4.79 Å². The van der Waals surface area contributed by atoms with Crippen LogP contribution in [0.25, 0.3) is 0 Å². The molecule has 1 rings (SSSR count). The van der Waals surface area contributed by atoms with Crippen molar-refractivity contribution in [3.63, 3.8) is 0 Å². The van der Waals surface area contributed by atoms with Crippen LogP contribution in [0.15, 0.2) is 22.7 Å². The third-order valence-corrected chi connectivity index (χ3v) is 4.13. The molecular weight excluding hydrogens is 364 g/mol. The van der Waals surface area contributed by atoms with Crippen LogP contribution in [0.1, 0.15) is 31.1 Å². The average molecular weight is 383 g/mol. The van der Waals surface area contributed by atoms with E-state index in [0.29, 0.717) is 10.2 Å². The summed E-state index contributed by atoms with van der Waals surface area (Å²) in [6, 6.07) is 6.76. The fraction of sp³-hybridized carbons (Fsp3) is 0.438. The smallest absolute Gasteiger partial charge is 0.338 e. The molecule has 0 fully saturated rings. The molecule has 1 amide bonds. The number of amides is 1. The maximum atomic E-state index is 11.9. The highest BCUT2D eigenvalue weighted by molar-refractivity contribution is 9.10. The lowest BCUT2D eigenvalue weighted by Gasteiger charge is -2.27. The number of nitrogens with one attached hydrogen (secondary N) is 1. The molecule has 0 bridgehead atoms. The Bertz CT molecular complexity index is 639. The zero-order valence-corrected chi connectivity index (χ0v) is 15.1. The van der Waals surface area contributed by atoms with Crippen LogP contribution in [0.3, 0.4) is 0 Å². The van der Waals surface area contributed by atoms with Crippen molar-refractivity contribution >= 4 is 27.8 Å². The molecule has 0 aromatic heterocycles. The molecule has 0 heterocycles. The maximum absolute atomic E-state index is 11.9. The maximum Gasteiger partial charge on any atom is 0.338 e. The Morgan fingerprint density at radius 2 is 2.09 bits per heavy atom. The fourth-order valence-corrected chi connectivity index (χ4v) is 2.18. The molecule has 0 spiro atoms. The van der Waals surface area contributed by atoms with Crippen LogP contribution in [-0.4, -0.2) is 31.1 Å². The summed E-state index contributed by atoms with van der Waals surface area (Å²) in [7, 11) is 1.52. The third-order valence-electron chi connectivity index (χ3n) is 3.51. The van der Waals surface area contributed by atoms with Crippen LogP contribution in [0.2, 0.25) is 0 Å². The van der Waals surface area contributed by atoms with Crippen molar-refractivity contribution in [3.05, 3.63) is 28.2 Å². The normalized spacial score (nSPS) is 12.9. The monoisotopic (exact) mass is 382 g/mol. The zero-order valence-electron chi connectivity index (χ0n) is 13.5. The predicted molar refractivity (Wildman–Crippen MR) is 88.0 cm³/mol. The SMILES string of the molecule is COc1ccc(C(=O)OCC(=O)N[C@@](C)(C#N)C(C)C)cc1Br. The van der Waals surface area contributed by atoms with E-state index in [2.05, 4.69) is 27.3 Å². The number of nitriles is 1. The Morgan fingerprint density at radius 1 is 1.43 bits per heavy atom. The topological polar surface area (TPSA) is 88.4 Å². The van der Waals surface area contributed by atoms with Crippen molar-refractivity contribution < 1.29 is 19.1 Å². The van der Waals surface area contributed by atoms with Gasteiger partial charge in [0.1, 0.15) is 11.3 Å². The molecule has 1 aromatic rings. The fourth-order valence-electron chi connectivity index (χ4n) is 1.63. The molecule has 0 saturated heterocycles. The van der Waals surface area contributed by atoms with Gasteiger partial charge in [0, 0.05) is 0 Å². The van der Waals surface area contributed by atoms with Crippen molar-refractivity contribution in [1.82, 2.24) is 5.32 Å². The van der Waals surface area contributed by atoms with Crippen molar-refractivity contribution in [2.75, 3.05) is 13.7 Å². The van der Waals surface area contributed by atoms with E-state index < -0.39 is 24.0 Å². The summed E-state index contributed by atoms with van der Waals surface area (Å²) in [5.41, 5.74) is -0.718. The molecule has 0 aliphatic heterocycles. The van der Waals surface area contributed by atoms with Gasteiger partial charge < -0.3 is 14.8 Å². The van der Waals surface area contributed by atoms with Gasteiger partial charge in [-0.05, 0) is 47.0 Å². The highest BCUT2D eigenvalue weighted by Gasteiger charge is 2.30. The lowest BCUT2D eigenvalue weighted by molar-refractivity contribution is -0.125. The molecule has 0 aliphatic carbocycles. The van der Waals surface area contributed by atoms with Gasteiger partial charge in [0.25, 0.3) is 5.91 Å². The predicted octanol–water partition coefficient (Wildman–Crippen LogP) is 2.67. The molecule has 23 heavy (non-hydrogen) atoms. The van der Waals surface area contributed by atoms with Gasteiger partial charge in [-0.2, -0.15) is 5.26 Å². The average Bonchev–Trinajstić information content (AvgIpc) is 2.52. The summed E-state index contributed by atoms with van der Waals surface area (Å²) in [5.74, 6) is -0.652. The van der Waals surface area contributed by atoms with Crippen LogP contribution in [0.5, 0.6) is 5.75 Å². The number of carbonyl (C=O) groups is 2. The molecule has 124 valence electrons. The number of ether oxygens (including phenoxy) is 2. The number of rotatable bonds is 6. The highest BCUT2D eigenvalue weighted by Crippen LogP contribution is 2.25. The van der Waals surface area contributed by atoms with E-state index in [1.165, 1.54) is 13.2 Å². The van der Waals surface area contributed by atoms with Gasteiger partial charge in [0.05, 0.1) is 23.2 Å². The van der Waals surface area contributed by atoms with E-state index in [9.17, 15) is 9.59 Å². The number of hydrogen-bond donors (Lipinski definition) is 1. The van der Waals surface area contributed by atoms with Gasteiger partial charge in [0.2, 0.25) is 0 Å². The van der Waals surface area contributed by atoms with E-state index in [0.717, 1.165) is 0 Å². The molecule has 0 aliphatic rings. The van der Waals surface area contributed by atoms with Gasteiger partial charge in [-0.15, -0.1) is 0 Å². The number of nitrogens with zero attached hydrogens (tertiary/aromatic N) is 1. The molecule has 0 unspecified atom stereocenters. The standard InChI is InChI=1S/C16H19BrN2O4/c1-10(2)16(3,9-18)19-14(20)8-23-15(21)11-5-6-13(22-4)12(17)7-11/h5-7,10H,8H2,1-4H3,(H,19,20)/t16-/m0/s1. The Labute approximate surface area is 143 Å². The Balaban J connectivity index is 2.64. The minimum atomic E-state index is -1.01. The number of esters is 1. The lowest BCUT2D eigenvalue weighted by Crippen LogP contribution is -2.50. The van der Waals surface area contributed by atoms with E-state index in [1.807, 2.05) is 13.8 Å². The molecule has 1 N–H and O–H groups in total. The van der Waals surface area contributed by atoms with Crippen LogP contribution in [0, 0.1) is 17.2 Å². The molecule has 1 atom stereocenters. The highest BCUT2D eigenvalue weighted by atomic mass is 79.9. The van der Waals surface area contributed by atoms with Gasteiger partial charge in [0.15, 0.2) is 6.61 Å². The second-order valence-corrected chi connectivity index (χ2v) is 6.30. The Hall–Kier alpha value is -2.07. The number of hydrogen-bond acceptors (Lipinski definition) is 5. The molecule has 6 nitrogen and oxygen atoms in total. The first-order chi connectivity index (χ1) is 10.7. The van der Waals surface area contributed by atoms with E-state index in [4.69, 9.17) is 14.7 Å². The second-order valence-electron chi connectivity index (χ2n) is 5.44. The minimum Gasteiger partial charge on any atom is -0.496 e. The quantitative estimate of drug-likeness (QED) is 0.763. The van der Waals surface area contributed by atoms with Gasteiger partial charge in [-0.1, -0.05) is 13.8 Å². The molecule has 0 radical (unpaired) electrons. The lowest BCUT2D eigenvalue weighted by atomic mass is 9.90. The van der Waals surface area contributed by atoms with E-state index >= 15 is 0 Å². The first-order valence-electron chi connectivity index (χ1n) is 6.96. The summed E-state index contributed by atoms with van der Waals surface area (Å²) in [4.78, 5) is 23.8. The van der Waals surface area contributed by atoms with E-state index in [1.54, 1.807) is 19.1 Å². The molecule has 7 heteroatoms. The number of methoxy groups -OCH3 is 1. The van der Waals surface area contributed by atoms with Crippen LogP contribution >= 0.6 is 15.9 Å². The van der Waals surface area contributed by atoms with Crippen molar-refractivity contribution in [1.29, 1.82) is 5.26 Å². The van der Waals surface area contributed by atoms with Gasteiger partial charge >= 0.3 is 5.97 Å². The van der Waals surface area contributed by atoms with Crippen LogP contribution in [-0.2, 0) is 9.53 Å². The van der Waals surface area contributed by atoms with Crippen molar-refractivity contribution in [2.24, 2.45) is 5.92 Å². The Kier molecular flexibility index (Phi) is 6.58. The summed E-state index contributed by atoms with van der Waals surface area (Å²) in [5, 5.41) is 11.7. The van der Waals surface area contributed by atoms with Gasteiger partial charge in [-0.3, -0.25) is 4.79 Å². The van der Waals surface area contributed by atoms with Crippen LogP contribution < -0.4 is 10.1 Å². The first-order valence-corrected chi connectivity index (χ1v) is 7.75. The number of benzene rings is 1. The zero-order chi connectivity index (χ0) is 17.6. The summed E-state index contributed by atoms with van der Waals surface area (Å²) in [6.45, 7) is 4.82. The Morgan fingerprint density at radius 3 is 2.57 bits per heavy atom.